The van der Waals surface area contributed by atoms with Crippen LogP contribution >= 0.6 is 23.5 Å². The third-order valence-electron chi connectivity index (χ3n) is 3.23. The Bertz CT molecular complexity index is 784. The fourth-order valence-electron chi connectivity index (χ4n) is 2.15. The molecule has 1 aromatic carbocycles. The molecule has 1 N–H and O–H groups in total. The second-order valence-electron chi connectivity index (χ2n) is 4.56. The fraction of sp³-hybridized carbons (Fsp3) is 0.125. The summed E-state index contributed by atoms with van der Waals surface area (Å²) < 4.78 is 13.2. The number of aromatic amines is 1. The Labute approximate surface area is 136 Å². The van der Waals surface area contributed by atoms with Crippen molar-refractivity contribution in [2.45, 2.75) is 10.2 Å². The first-order valence-electron chi connectivity index (χ1n) is 6.61. The van der Waals surface area contributed by atoms with E-state index in [0.29, 0.717) is 0 Å². The van der Waals surface area contributed by atoms with Gasteiger partial charge in [0, 0.05) is 17.3 Å². The van der Waals surface area contributed by atoms with Gasteiger partial charge in [0.1, 0.15) is 5.82 Å². The molecule has 0 aliphatic rings. The zero-order chi connectivity index (χ0) is 15.5. The minimum Gasteiger partial charge on any atom is -0.332 e. The number of benzene rings is 1. The number of imidazole rings is 1. The molecule has 0 bridgehead atoms. The van der Waals surface area contributed by atoms with E-state index >= 15 is 0 Å². The third-order valence-corrected chi connectivity index (χ3v) is 4.45. The quantitative estimate of drug-likeness (QED) is 0.702. The molecule has 0 unspecified atom stereocenters. The van der Waals surface area contributed by atoms with Crippen molar-refractivity contribution in [3.63, 3.8) is 0 Å². The number of nitrogens with zero attached hydrogens (tertiary/aromatic N) is 2. The van der Waals surface area contributed by atoms with E-state index in [0.717, 1.165) is 32.7 Å². The van der Waals surface area contributed by atoms with Gasteiger partial charge in [0.25, 0.3) is 0 Å². The van der Waals surface area contributed by atoms with Crippen LogP contribution in [0, 0.1) is 5.82 Å². The van der Waals surface area contributed by atoms with Gasteiger partial charge in [0.05, 0.1) is 16.4 Å². The van der Waals surface area contributed by atoms with Crippen molar-refractivity contribution in [2.75, 3.05) is 12.5 Å². The molecule has 0 radical (unpaired) electrons. The summed E-state index contributed by atoms with van der Waals surface area (Å²) in [6.45, 7) is 0. The molecule has 6 heteroatoms. The average molecular weight is 331 g/mol. The van der Waals surface area contributed by atoms with Crippen molar-refractivity contribution in [3.05, 3.63) is 48.4 Å². The Kier molecular flexibility index (Phi) is 4.49. The molecule has 0 aliphatic heterocycles. The summed E-state index contributed by atoms with van der Waals surface area (Å²) in [7, 11) is 0. The molecule has 112 valence electrons. The number of H-pyrrole nitrogens is 1. The summed E-state index contributed by atoms with van der Waals surface area (Å²) in [5, 5.41) is 1.77. The second-order valence-corrected chi connectivity index (χ2v) is 6.18. The van der Waals surface area contributed by atoms with Crippen LogP contribution in [0.1, 0.15) is 0 Å². The number of rotatable bonds is 4. The Morgan fingerprint density at radius 1 is 1.00 bits per heavy atom. The maximum atomic E-state index is 13.2. The highest BCUT2D eigenvalue weighted by atomic mass is 32.2. The molecule has 3 nitrogen and oxygen atoms in total. The minimum absolute atomic E-state index is 0.247. The standard InChI is InChI=1S/C16H14FN3S2/c1-21-13-9-11(7-8-18-13)15-14(19-16(20-15)22-2)10-3-5-12(17)6-4-10/h3-9H,1-2H3,(H,19,20). The fourth-order valence-corrected chi connectivity index (χ4v) is 2.95. The number of hydrogen-bond donors (Lipinski definition) is 1. The second kappa shape index (κ2) is 6.54. The molecular formula is C16H14FN3S2. The van der Waals surface area contributed by atoms with Crippen molar-refractivity contribution in [3.8, 4) is 22.5 Å². The zero-order valence-electron chi connectivity index (χ0n) is 12.1. The Morgan fingerprint density at radius 2 is 1.77 bits per heavy atom. The Hall–Kier alpha value is -1.79. The third kappa shape index (κ3) is 3.03. The zero-order valence-corrected chi connectivity index (χ0v) is 13.8. The monoisotopic (exact) mass is 331 g/mol. The van der Waals surface area contributed by atoms with Gasteiger partial charge in [-0.05, 0) is 48.9 Å². The van der Waals surface area contributed by atoms with Gasteiger partial charge < -0.3 is 4.98 Å². The lowest BCUT2D eigenvalue weighted by Crippen LogP contribution is -1.86. The van der Waals surface area contributed by atoms with Crippen molar-refractivity contribution in [1.29, 1.82) is 0 Å². The number of halogens is 1. The lowest BCUT2D eigenvalue weighted by Gasteiger charge is -2.04. The van der Waals surface area contributed by atoms with E-state index in [-0.39, 0.29) is 5.82 Å². The molecule has 0 spiro atoms. The molecular weight excluding hydrogens is 317 g/mol. The van der Waals surface area contributed by atoms with Crippen LogP contribution in [0.4, 0.5) is 4.39 Å². The van der Waals surface area contributed by atoms with Gasteiger partial charge >= 0.3 is 0 Å². The number of thioether (sulfide) groups is 2. The van der Waals surface area contributed by atoms with Gasteiger partial charge in [-0.15, -0.1) is 11.8 Å². The number of aromatic nitrogens is 3. The van der Waals surface area contributed by atoms with Crippen LogP contribution in [0.25, 0.3) is 22.5 Å². The molecule has 2 aromatic heterocycles. The molecule has 0 fully saturated rings. The van der Waals surface area contributed by atoms with Crippen LogP contribution in [0.5, 0.6) is 0 Å². The highest BCUT2D eigenvalue weighted by molar-refractivity contribution is 7.98. The normalized spacial score (nSPS) is 10.9. The molecule has 0 aliphatic carbocycles. The highest BCUT2D eigenvalue weighted by Gasteiger charge is 2.14. The van der Waals surface area contributed by atoms with Crippen LogP contribution in [0.2, 0.25) is 0 Å². The van der Waals surface area contributed by atoms with Crippen molar-refractivity contribution in [2.24, 2.45) is 0 Å². The van der Waals surface area contributed by atoms with Gasteiger partial charge in [0.15, 0.2) is 5.16 Å². The van der Waals surface area contributed by atoms with Crippen LogP contribution in [0.3, 0.4) is 0 Å². The average Bonchev–Trinajstić information content (AvgIpc) is 3.00. The van der Waals surface area contributed by atoms with Gasteiger partial charge in [-0.1, -0.05) is 11.8 Å². The van der Waals surface area contributed by atoms with E-state index in [1.807, 2.05) is 24.6 Å². The van der Waals surface area contributed by atoms with E-state index in [4.69, 9.17) is 0 Å². The van der Waals surface area contributed by atoms with Gasteiger partial charge in [-0.3, -0.25) is 0 Å². The van der Waals surface area contributed by atoms with Crippen molar-refractivity contribution in [1.82, 2.24) is 15.0 Å². The molecule has 0 saturated carbocycles. The Morgan fingerprint density at radius 3 is 2.45 bits per heavy atom. The number of pyridine rings is 1. The summed E-state index contributed by atoms with van der Waals surface area (Å²) in [5.74, 6) is -0.247. The van der Waals surface area contributed by atoms with Crippen LogP contribution in [0.15, 0.2) is 52.8 Å². The van der Waals surface area contributed by atoms with Crippen LogP contribution < -0.4 is 0 Å². The summed E-state index contributed by atoms with van der Waals surface area (Å²) >= 11 is 3.13. The van der Waals surface area contributed by atoms with Crippen LogP contribution in [-0.2, 0) is 0 Å². The molecule has 0 saturated heterocycles. The predicted molar refractivity (Wildman–Crippen MR) is 90.8 cm³/mol. The minimum atomic E-state index is -0.247. The van der Waals surface area contributed by atoms with Crippen molar-refractivity contribution >= 4 is 23.5 Å². The first kappa shape index (κ1) is 15.1. The van der Waals surface area contributed by atoms with Gasteiger partial charge in [0.2, 0.25) is 0 Å². The first-order chi connectivity index (χ1) is 10.7. The summed E-state index contributed by atoms with van der Waals surface area (Å²) in [4.78, 5) is 12.2. The van der Waals surface area contributed by atoms with E-state index in [2.05, 4.69) is 15.0 Å². The molecule has 0 atom stereocenters. The first-order valence-corrected chi connectivity index (χ1v) is 9.06. The lowest BCUT2D eigenvalue weighted by atomic mass is 10.1. The SMILES string of the molecule is CSc1cc(-c2nc(SC)[nH]c2-c2ccc(F)cc2)ccn1. The highest BCUT2D eigenvalue weighted by Crippen LogP contribution is 2.33. The predicted octanol–water partition coefficient (Wildman–Crippen LogP) is 4.72. The van der Waals surface area contributed by atoms with E-state index in [1.54, 1.807) is 41.9 Å². The number of nitrogens with one attached hydrogen (secondary N) is 1. The largest absolute Gasteiger partial charge is 0.332 e. The maximum absolute atomic E-state index is 13.2. The van der Waals surface area contributed by atoms with Crippen LogP contribution in [-0.4, -0.2) is 27.5 Å². The molecule has 3 rings (SSSR count). The smallest absolute Gasteiger partial charge is 0.166 e. The maximum Gasteiger partial charge on any atom is 0.166 e. The van der Waals surface area contributed by atoms with Gasteiger partial charge in [-0.25, -0.2) is 14.4 Å². The lowest BCUT2D eigenvalue weighted by molar-refractivity contribution is 0.628. The molecule has 0 amide bonds. The summed E-state index contributed by atoms with van der Waals surface area (Å²) in [6, 6.07) is 10.4. The van der Waals surface area contributed by atoms with E-state index in [1.165, 1.54) is 12.1 Å². The number of hydrogen-bond acceptors (Lipinski definition) is 4. The molecule has 22 heavy (non-hydrogen) atoms. The Balaban J connectivity index is 2.14. The van der Waals surface area contributed by atoms with E-state index < -0.39 is 0 Å². The topological polar surface area (TPSA) is 41.6 Å². The van der Waals surface area contributed by atoms with Crippen molar-refractivity contribution < 1.29 is 4.39 Å². The summed E-state index contributed by atoms with van der Waals surface area (Å²) in [6.07, 6.45) is 5.74. The molecule has 3 aromatic rings. The van der Waals surface area contributed by atoms with Gasteiger partial charge in [-0.2, -0.15) is 0 Å². The van der Waals surface area contributed by atoms with E-state index in [9.17, 15) is 4.39 Å². The summed E-state index contributed by atoms with van der Waals surface area (Å²) in [5.41, 5.74) is 3.65. The molecule has 2 heterocycles.